The molecule has 2 fully saturated rings. The third-order valence-corrected chi connectivity index (χ3v) is 7.01. The zero-order valence-corrected chi connectivity index (χ0v) is 16.7. The standard InChI is InChI=1S/C18H27N3O5S/c1-3-19-6-8-20(9-7-19)18(22)16-14-15(4-5-17(16)25-2)27(23,24)21-10-12-26-13-11-21/h4-5,14H,3,6-13H2,1-2H3. The minimum Gasteiger partial charge on any atom is -0.496 e. The van der Waals surface area contributed by atoms with Gasteiger partial charge in [0.1, 0.15) is 5.75 Å². The maximum absolute atomic E-state index is 13.0. The van der Waals surface area contributed by atoms with Crippen LogP contribution in [0.15, 0.2) is 23.1 Å². The molecule has 27 heavy (non-hydrogen) atoms. The highest BCUT2D eigenvalue weighted by Crippen LogP contribution is 2.26. The Hall–Kier alpha value is -1.68. The third-order valence-electron chi connectivity index (χ3n) is 5.12. The van der Waals surface area contributed by atoms with Crippen molar-refractivity contribution in [2.45, 2.75) is 11.8 Å². The van der Waals surface area contributed by atoms with Gasteiger partial charge >= 0.3 is 0 Å². The molecule has 2 saturated heterocycles. The number of carbonyl (C=O) groups is 1. The van der Waals surface area contributed by atoms with Gasteiger partial charge in [-0.05, 0) is 24.7 Å². The molecule has 0 unspecified atom stereocenters. The van der Waals surface area contributed by atoms with Crippen molar-refractivity contribution in [2.24, 2.45) is 0 Å². The second-order valence-electron chi connectivity index (χ2n) is 6.61. The fourth-order valence-corrected chi connectivity index (χ4v) is 4.82. The first kappa shape index (κ1) is 20.1. The minimum atomic E-state index is -3.67. The lowest BCUT2D eigenvalue weighted by molar-refractivity contribution is 0.0639. The average Bonchev–Trinajstić information content (AvgIpc) is 2.73. The molecular weight excluding hydrogens is 370 g/mol. The number of sulfonamides is 1. The highest BCUT2D eigenvalue weighted by Gasteiger charge is 2.29. The van der Waals surface area contributed by atoms with Gasteiger partial charge in [0.05, 0.1) is 30.8 Å². The maximum Gasteiger partial charge on any atom is 0.257 e. The first-order valence-electron chi connectivity index (χ1n) is 9.25. The van der Waals surface area contributed by atoms with E-state index in [-0.39, 0.29) is 16.4 Å². The van der Waals surface area contributed by atoms with Gasteiger partial charge in [-0.1, -0.05) is 6.92 Å². The second kappa shape index (κ2) is 8.55. The van der Waals surface area contributed by atoms with Crippen LogP contribution in [0.1, 0.15) is 17.3 Å². The Bertz CT molecular complexity index is 769. The van der Waals surface area contributed by atoms with Gasteiger partial charge < -0.3 is 19.3 Å². The zero-order chi connectivity index (χ0) is 19.4. The molecule has 3 rings (SSSR count). The van der Waals surface area contributed by atoms with Crippen molar-refractivity contribution in [3.05, 3.63) is 23.8 Å². The van der Waals surface area contributed by atoms with E-state index in [0.717, 1.165) is 19.6 Å². The van der Waals surface area contributed by atoms with E-state index in [1.54, 1.807) is 11.0 Å². The molecule has 1 aromatic carbocycles. The van der Waals surface area contributed by atoms with E-state index < -0.39 is 10.0 Å². The lowest BCUT2D eigenvalue weighted by Gasteiger charge is -2.34. The number of benzene rings is 1. The first-order chi connectivity index (χ1) is 13.0. The lowest BCUT2D eigenvalue weighted by atomic mass is 10.1. The summed E-state index contributed by atoms with van der Waals surface area (Å²) in [5.41, 5.74) is 0.289. The smallest absolute Gasteiger partial charge is 0.257 e. The van der Waals surface area contributed by atoms with Crippen LogP contribution in [0.4, 0.5) is 0 Å². The number of morpholine rings is 1. The molecular formula is C18H27N3O5S. The SMILES string of the molecule is CCN1CCN(C(=O)c2cc(S(=O)(=O)N3CCOCC3)ccc2OC)CC1. The number of likely N-dealkylation sites (N-methyl/N-ethyl adjacent to an activating group) is 1. The summed E-state index contributed by atoms with van der Waals surface area (Å²) >= 11 is 0. The fraction of sp³-hybridized carbons (Fsp3) is 0.611. The van der Waals surface area contributed by atoms with Crippen LogP contribution in [-0.4, -0.2) is 94.6 Å². The average molecular weight is 397 g/mol. The number of piperazine rings is 1. The minimum absolute atomic E-state index is 0.112. The van der Waals surface area contributed by atoms with Crippen molar-refractivity contribution in [1.82, 2.24) is 14.1 Å². The molecule has 1 aromatic rings. The van der Waals surface area contributed by atoms with Crippen molar-refractivity contribution in [3.63, 3.8) is 0 Å². The third kappa shape index (κ3) is 4.26. The summed E-state index contributed by atoms with van der Waals surface area (Å²) in [6.45, 7) is 7.32. The van der Waals surface area contributed by atoms with Crippen LogP contribution >= 0.6 is 0 Å². The zero-order valence-electron chi connectivity index (χ0n) is 15.9. The summed E-state index contributed by atoms with van der Waals surface area (Å²) in [4.78, 5) is 17.2. The summed E-state index contributed by atoms with van der Waals surface area (Å²) in [6.07, 6.45) is 0. The number of carbonyl (C=O) groups excluding carboxylic acids is 1. The molecule has 0 aromatic heterocycles. The molecule has 0 aliphatic carbocycles. The van der Waals surface area contributed by atoms with E-state index in [1.807, 2.05) is 0 Å². The van der Waals surface area contributed by atoms with E-state index in [1.165, 1.54) is 23.5 Å². The largest absolute Gasteiger partial charge is 0.496 e. The van der Waals surface area contributed by atoms with Crippen molar-refractivity contribution >= 4 is 15.9 Å². The number of hydrogen-bond donors (Lipinski definition) is 0. The van der Waals surface area contributed by atoms with Crippen LogP contribution in [0.3, 0.4) is 0 Å². The van der Waals surface area contributed by atoms with Gasteiger partial charge in [-0.2, -0.15) is 4.31 Å². The van der Waals surface area contributed by atoms with E-state index in [9.17, 15) is 13.2 Å². The summed E-state index contributed by atoms with van der Waals surface area (Å²) in [5.74, 6) is 0.195. The Balaban J connectivity index is 1.86. The van der Waals surface area contributed by atoms with Crippen LogP contribution in [0.2, 0.25) is 0 Å². The first-order valence-corrected chi connectivity index (χ1v) is 10.7. The number of hydrogen-bond acceptors (Lipinski definition) is 6. The topological polar surface area (TPSA) is 79.4 Å². The van der Waals surface area contributed by atoms with Gasteiger partial charge in [0.2, 0.25) is 10.0 Å². The Kier molecular flexibility index (Phi) is 6.36. The van der Waals surface area contributed by atoms with Crippen LogP contribution < -0.4 is 4.74 Å². The molecule has 2 aliphatic heterocycles. The molecule has 0 radical (unpaired) electrons. The number of amides is 1. The summed E-state index contributed by atoms with van der Waals surface area (Å²) in [5, 5.41) is 0. The van der Waals surface area contributed by atoms with E-state index in [4.69, 9.17) is 9.47 Å². The molecule has 1 amide bonds. The van der Waals surface area contributed by atoms with E-state index in [2.05, 4.69) is 11.8 Å². The molecule has 9 heteroatoms. The number of ether oxygens (including phenoxy) is 2. The van der Waals surface area contributed by atoms with Crippen LogP contribution in [0.25, 0.3) is 0 Å². The molecule has 0 spiro atoms. The Labute approximate surface area is 160 Å². The fourth-order valence-electron chi connectivity index (χ4n) is 3.39. The Morgan fingerprint density at radius 1 is 1.11 bits per heavy atom. The van der Waals surface area contributed by atoms with Gasteiger partial charge in [0.15, 0.2) is 0 Å². The van der Waals surface area contributed by atoms with Crippen LogP contribution in [0, 0.1) is 0 Å². The highest BCUT2D eigenvalue weighted by atomic mass is 32.2. The number of methoxy groups -OCH3 is 1. The molecule has 2 aliphatic rings. The number of nitrogens with zero attached hydrogens (tertiary/aromatic N) is 3. The maximum atomic E-state index is 13.0. The molecule has 8 nitrogen and oxygen atoms in total. The second-order valence-corrected chi connectivity index (χ2v) is 8.54. The molecule has 150 valence electrons. The molecule has 0 N–H and O–H groups in total. The monoisotopic (exact) mass is 397 g/mol. The van der Waals surface area contributed by atoms with Crippen molar-refractivity contribution in [1.29, 1.82) is 0 Å². The number of rotatable bonds is 5. The van der Waals surface area contributed by atoms with Gasteiger partial charge in [-0.25, -0.2) is 8.42 Å². The van der Waals surface area contributed by atoms with Gasteiger partial charge in [-0.3, -0.25) is 4.79 Å². The predicted molar refractivity (Wildman–Crippen MR) is 101 cm³/mol. The molecule has 0 saturated carbocycles. The molecule has 0 bridgehead atoms. The van der Waals surface area contributed by atoms with Crippen molar-refractivity contribution in [2.75, 3.05) is 66.1 Å². The van der Waals surface area contributed by atoms with E-state index in [0.29, 0.717) is 45.1 Å². The summed E-state index contributed by atoms with van der Waals surface area (Å²) < 4.78 is 37.8. The summed E-state index contributed by atoms with van der Waals surface area (Å²) in [7, 11) is -2.18. The normalized spacial score (nSPS) is 19.9. The summed E-state index contributed by atoms with van der Waals surface area (Å²) in [6, 6.07) is 4.50. The van der Waals surface area contributed by atoms with Crippen LogP contribution in [-0.2, 0) is 14.8 Å². The van der Waals surface area contributed by atoms with Crippen molar-refractivity contribution in [3.8, 4) is 5.75 Å². The Morgan fingerprint density at radius 2 is 1.78 bits per heavy atom. The molecule has 0 atom stereocenters. The van der Waals surface area contributed by atoms with Crippen molar-refractivity contribution < 1.29 is 22.7 Å². The quantitative estimate of drug-likeness (QED) is 0.720. The van der Waals surface area contributed by atoms with Gasteiger partial charge in [-0.15, -0.1) is 0 Å². The molecule has 2 heterocycles. The highest BCUT2D eigenvalue weighted by molar-refractivity contribution is 7.89. The van der Waals surface area contributed by atoms with E-state index >= 15 is 0 Å². The van der Waals surface area contributed by atoms with Gasteiger partial charge in [0, 0.05) is 39.3 Å². The predicted octanol–water partition coefficient (Wildman–Crippen LogP) is 0.494. The van der Waals surface area contributed by atoms with Gasteiger partial charge in [0.25, 0.3) is 5.91 Å². The van der Waals surface area contributed by atoms with Crippen LogP contribution in [0.5, 0.6) is 5.75 Å². The Morgan fingerprint density at radius 3 is 2.37 bits per heavy atom. The lowest BCUT2D eigenvalue weighted by Crippen LogP contribution is -2.48.